The first-order valence-corrected chi connectivity index (χ1v) is 21.4. The molecule has 65 heavy (non-hydrogen) atoms. The molecule has 0 radical (unpaired) electrons. The Bertz CT molecular complexity index is 2630. The summed E-state index contributed by atoms with van der Waals surface area (Å²) in [6.45, 7) is 3.85. The summed E-state index contributed by atoms with van der Waals surface area (Å²) >= 11 is 0. The number of urea groups is 1. The minimum Gasteiger partial charge on any atom is -0.494 e. The molecule has 5 aliphatic heterocycles. The van der Waals surface area contributed by atoms with Gasteiger partial charge in [-0.05, 0) is 67.9 Å². The van der Waals surface area contributed by atoms with Crippen LogP contribution in [-0.2, 0) is 27.1 Å². The van der Waals surface area contributed by atoms with Crippen LogP contribution in [0.1, 0.15) is 75.4 Å². The van der Waals surface area contributed by atoms with Crippen LogP contribution in [0, 0.1) is 5.41 Å². The Morgan fingerprint density at radius 1 is 0.892 bits per heavy atom. The molecule has 4 fully saturated rings. The molecule has 7 heterocycles. The molecule has 4 aromatic rings. The first-order chi connectivity index (χ1) is 31.1. The summed E-state index contributed by atoms with van der Waals surface area (Å²) in [4.78, 5) is 103. The lowest BCUT2D eigenvalue weighted by Crippen LogP contribution is -2.54. The van der Waals surface area contributed by atoms with Gasteiger partial charge in [0.1, 0.15) is 29.7 Å². The Morgan fingerprint density at radius 3 is 2.34 bits per heavy atom. The van der Waals surface area contributed by atoms with Gasteiger partial charge in [-0.3, -0.25) is 43.7 Å². The number of pyridine rings is 1. The molecule has 1 spiro atoms. The molecular formula is C44H45F3N10O8. The quantitative estimate of drug-likeness (QED) is 0.220. The number of imide groups is 2. The van der Waals surface area contributed by atoms with Gasteiger partial charge in [-0.2, -0.15) is 18.3 Å². The van der Waals surface area contributed by atoms with Crippen LogP contribution in [0.3, 0.4) is 0 Å². The lowest BCUT2D eigenvalue weighted by Gasteiger charge is -2.47. The number of hydrogen-bond acceptors (Lipinski definition) is 11. The van der Waals surface area contributed by atoms with E-state index < -0.39 is 53.1 Å². The van der Waals surface area contributed by atoms with E-state index in [1.54, 1.807) is 44.9 Å². The molecule has 0 aliphatic carbocycles. The topological polar surface area (TPSA) is 200 Å². The van der Waals surface area contributed by atoms with Gasteiger partial charge in [0.25, 0.3) is 17.7 Å². The van der Waals surface area contributed by atoms with E-state index in [0.717, 1.165) is 42.7 Å². The first-order valence-electron chi connectivity index (χ1n) is 21.4. The van der Waals surface area contributed by atoms with Gasteiger partial charge < -0.3 is 29.7 Å². The number of carbonyl (C=O) groups excluding carboxylic acids is 7. The highest BCUT2D eigenvalue weighted by atomic mass is 19.4. The number of rotatable bonds is 10. The van der Waals surface area contributed by atoms with E-state index in [4.69, 9.17) is 4.74 Å². The van der Waals surface area contributed by atoms with Gasteiger partial charge in [0.05, 0.1) is 41.7 Å². The maximum Gasteiger partial charge on any atom is 0.433 e. The third kappa shape index (κ3) is 8.30. The minimum atomic E-state index is -4.71. The van der Waals surface area contributed by atoms with Crippen LogP contribution in [0.25, 0.3) is 10.9 Å². The normalized spacial score (nSPS) is 20.0. The van der Waals surface area contributed by atoms with E-state index in [2.05, 4.69) is 25.6 Å². The van der Waals surface area contributed by atoms with Gasteiger partial charge in [-0.25, -0.2) is 9.78 Å². The molecule has 0 saturated carbocycles. The van der Waals surface area contributed by atoms with E-state index in [1.807, 2.05) is 11.0 Å². The summed E-state index contributed by atoms with van der Waals surface area (Å²) < 4.78 is 46.6. The molecule has 0 bridgehead atoms. The summed E-state index contributed by atoms with van der Waals surface area (Å²) in [5, 5.41) is 9.99. The van der Waals surface area contributed by atoms with Gasteiger partial charge in [-0.1, -0.05) is 12.1 Å². The number of likely N-dealkylation sites (tertiary alicyclic amines) is 1. The third-order valence-corrected chi connectivity index (χ3v) is 13.3. The smallest absolute Gasteiger partial charge is 0.433 e. The van der Waals surface area contributed by atoms with Crippen molar-refractivity contribution in [2.24, 2.45) is 5.41 Å². The Balaban J connectivity index is 0.750. The summed E-state index contributed by atoms with van der Waals surface area (Å²) in [7, 11) is 1.38. The van der Waals surface area contributed by atoms with E-state index in [0.29, 0.717) is 68.9 Å². The Hall–Kier alpha value is -7.06. The average Bonchev–Trinajstić information content (AvgIpc) is 3.94. The van der Waals surface area contributed by atoms with Crippen molar-refractivity contribution in [2.45, 2.75) is 57.3 Å². The lowest BCUT2D eigenvalue weighted by molar-refractivity contribution is -0.141. The zero-order valence-corrected chi connectivity index (χ0v) is 35.4. The summed E-state index contributed by atoms with van der Waals surface area (Å²) in [6, 6.07) is 10.1. The van der Waals surface area contributed by atoms with Crippen molar-refractivity contribution in [1.29, 1.82) is 0 Å². The van der Waals surface area contributed by atoms with E-state index in [1.165, 1.54) is 13.2 Å². The fourth-order valence-corrected chi connectivity index (χ4v) is 9.58. The van der Waals surface area contributed by atoms with Crippen molar-refractivity contribution >= 4 is 63.8 Å². The van der Waals surface area contributed by atoms with Crippen LogP contribution >= 0.6 is 0 Å². The number of fused-ring (bicyclic) bond motifs is 2. The number of amides is 8. The van der Waals surface area contributed by atoms with E-state index in [9.17, 15) is 46.7 Å². The van der Waals surface area contributed by atoms with Crippen molar-refractivity contribution in [3.8, 4) is 5.75 Å². The second-order valence-electron chi connectivity index (χ2n) is 17.1. The molecular weight excluding hydrogens is 854 g/mol. The van der Waals surface area contributed by atoms with Crippen molar-refractivity contribution in [3.63, 3.8) is 0 Å². The monoisotopic (exact) mass is 898 g/mol. The summed E-state index contributed by atoms with van der Waals surface area (Å²) in [5.41, 5.74) is 0.317. The lowest BCUT2D eigenvalue weighted by atomic mass is 9.71. The predicted octanol–water partition coefficient (Wildman–Crippen LogP) is 3.76. The highest BCUT2D eigenvalue weighted by molar-refractivity contribution is 6.25. The molecule has 9 rings (SSSR count). The van der Waals surface area contributed by atoms with Crippen LogP contribution in [0.15, 0.2) is 54.7 Å². The Kier molecular flexibility index (Phi) is 11.2. The number of anilines is 2. The maximum absolute atomic E-state index is 13.7. The van der Waals surface area contributed by atoms with Crippen LogP contribution in [0.5, 0.6) is 5.75 Å². The third-order valence-electron chi connectivity index (χ3n) is 13.3. The van der Waals surface area contributed by atoms with Crippen LogP contribution in [-0.4, -0.2) is 141 Å². The number of carbonyl (C=O) groups is 7. The van der Waals surface area contributed by atoms with Gasteiger partial charge in [0, 0.05) is 69.9 Å². The molecule has 4 saturated heterocycles. The second-order valence-corrected chi connectivity index (χ2v) is 17.1. The van der Waals surface area contributed by atoms with Crippen LogP contribution < -0.4 is 20.3 Å². The van der Waals surface area contributed by atoms with Crippen molar-refractivity contribution in [1.82, 2.24) is 39.7 Å². The zero-order valence-electron chi connectivity index (χ0n) is 35.4. The van der Waals surface area contributed by atoms with Gasteiger partial charge in [-0.15, -0.1) is 0 Å². The van der Waals surface area contributed by atoms with Crippen LogP contribution in [0.2, 0.25) is 0 Å². The molecule has 2 N–H and O–H groups in total. The van der Waals surface area contributed by atoms with Crippen molar-refractivity contribution in [2.75, 3.05) is 69.7 Å². The Morgan fingerprint density at radius 2 is 1.62 bits per heavy atom. The number of ether oxygens (including phenoxy) is 1. The second kappa shape index (κ2) is 16.8. The molecule has 18 nitrogen and oxygen atoms in total. The first kappa shape index (κ1) is 43.2. The molecule has 2 aromatic carbocycles. The van der Waals surface area contributed by atoms with E-state index >= 15 is 0 Å². The maximum atomic E-state index is 13.7. The minimum absolute atomic E-state index is 0.00579. The predicted molar refractivity (Wildman–Crippen MR) is 225 cm³/mol. The summed E-state index contributed by atoms with van der Waals surface area (Å²) in [6.07, 6.45) is 0.390. The fraction of sp³-hybridized carbons (Fsp3) is 0.432. The molecule has 340 valence electrons. The molecule has 2 aromatic heterocycles. The highest BCUT2D eigenvalue weighted by Crippen LogP contribution is 2.44. The Labute approximate surface area is 369 Å². The molecule has 21 heteroatoms. The zero-order chi connectivity index (χ0) is 45.8. The molecule has 8 amide bonds. The number of hydrogen-bond donors (Lipinski definition) is 2. The fourth-order valence-electron chi connectivity index (χ4n) is 9.58. The van der Waals surface area contributed by atoms with Crippen molar-refractivity contribution in [3.05, 3.63) is 77.2 Å². The standard InChI is InChI=1S/C44H45F3N10O8/c1-65-33-23-29-26(22-30(33)49-38(60)28-5-3-7-34(48-28)44(45,46)47)24-56(51-29)21-20-54-18-19-55(42(54)64)25-36(59)53-16-12-43(13-17-53)10-14-52(15-11-43)31-6-2-4-27-37(31)41(63)57(40(27)62)32-8-9-35(58)50-39(32)61/h2-7,22-24,32H,8-21,25H2,1H3,(H,49,60)(H,50,58,61). The number of aromatic nitrogens is 3. The number of alkyl halides is 3. The molecule has 1 unspecified atom stereocenters. The number of halogens is 3. The summed E-state index contributed by atoms with van der Waals surface area (Å²) in [5.74, 6) is -2.88. The number of benzene rings is 2. The van der Waals surface area contributed by atoms with Crippen molar-refractivity contribution < 1.29 is 51.5 Å². The average molecular weight is 899 g/mol. The SMILES string of the molecule is COc1cc2nn(CCN3CCN(CC(=O)N4CCC5(CC4)CCN(c4cccc6c4C(=O)N(C4CCC(=O)NC4=O)C6=O)CC5)C3=O)cc2cc1NC(=O)c1cccc(C(F)(F)F)n1. The van der Waals surface area contributed by atoms with Crippen LogP contribution in [0.4, 0.5) is 29.3 Å². The molecule has 5 aliphatic rings. The largest absolute Gasteiger partial charge is 0.494 e. The number of nitrogens with zero attached hydrogens (tertiary/aromatic N) is 8. The molecule has 1 atom stereocenters. The van der Waals surface area contributed by atoms with Gasteiger partial charge >= 0.3 is 12.2 Å². The van der Waals surface area contributed by atoms with E-state index in [-0.39, 0.29) is 59.3 Å². The number of nitrogens with one attached hydrogen (secondary N) is 2. The van der Waals surface area contributed by atoms with Gasteiger partial charge in [0.2, 0.25) is 17.7 Å². The number of piperidine rings is 3. The highest BCUT2D eigenvalue weighted by Gasteiger charge is 2.47. The van der Waals surface area contributed by atoms with Gasteiger partial charge in [0.15, 0.2) is 0 Å². The number of methoxy groups -OCH3 is 1.